The van der Waals surface area contributed by atoms with Gasteiger partial charge in [0.05, 0.1) is 25.9 Å². The molecule has 1 N–H and O–H groups in total. The van der Waals surface area contributed by atoms with Crippen LogP contribution in [-0.2, 0) is 13.2 Å². The van der Waals surface area contributed by atoms with Gasteiger partial charge < -0.3 is 23.9 Å². The number of nitrogens with zero attached hydrogens (tertiary/aromatic N) is 1. The van der Waals surface area contributed by atoms with Crippen LogP contribution in [0.3, 0.4) is 0 Å². The zero-order valence-electron chi connectivity index (χ0n) is 12.2. The Morgan fingerprint density at radius 3 is 2.81 bits per heavy atom. The van der Waals surface area contributed by atoms with Gasteiger partial charge in [0.2, 0.25) is 0 Å². The van der Waals surface area contributed by atoms with Crippen LogP contribution in [0.4, 0.5) is 5.69 Å². The molecule has 3 rings (SSSR count). The molecule has 112 valence electrons. The van der Waals surface area contributed by atoms with E-state index in [-0.39, 0.29) is 12.7 Å². The van der Waals surface area contributed by atoms with Crippen molar-refractivity contribution in [3.8, 4) is 11.5 Å². The normalized spacial score (nSPS) is 17.3. The molecular formula is C16H19NO4. The Bertz CT molecular complexity index is 622. The van der Waals surface area contributed by atoms with Gasteiger partial charge in [0.25, 0.3) is 0 Å². The van der Waals surface area contributed by atoms with Crippen LogP contribution in [-0.4, -0.2) is 24.9 Å². The molecule has 0 unspecified atom stereocenters. The Morgan fingerprint density at radius 1 is 1.29 bits per heavy atom. The molecule has 1 aliphatic rings. The van der Waals surface area contributed by atoms with Crippen LogP contribution in [0.5, 0.6) is 11.5 Å². The van der Waals surface area contributed by atoms with Crippen molar-refractivity contribution < 1.29 is 19.0 Å². The summed E-state index contributed by atoms with van der Waals surface area (Å²) in [7, 11) is 1.65. The van der Waals surface area contributed by atoms with Gasteiger partial charge in [-0.3, -0.25) is 0 Å². The number of rotatable bonds is 4. The third-order valence-corrected chi connectivity index (χ3v) is 3.53. The first-order valence-electron chi connectivity index (χ1n) is 6.97. The first kappa shape index (κ1) is 13.8. The minimum Gasteiger partial charge on any atom is -0.497 e. The number of ether oxygens (including phenoxy) is 2. The summed E-state index contributed by atoms with van der Waals surface area (Å²) in [6, 6.07) is 9.48. The minimum atomic E-state index is -0.0794. The van der Waals surface area contributed by atoms with Crippen LogP contribution in [0, 0.1) is 0 Å². The van der Waals surface area contributed by atoms with Crippen molar-refractivity contribution in [2.24, 2.45) is 0 Å². The third-order valence-electron chi connectivity index (χ3n) is 3.53. The topological polar surface area (TPSA) is 55.1 Å². The van der Waals surface area contributed by atoms with Crippen molar-refractivity contribution in [2.45, 2.75) is 26.2 Å². The molecule has 21 heavy (non-hydrogen) atoms. The SMILES string of the molecule is COc1ccc2c(c1)N(Cc1ccc(CO)o1)C[C@@H](C)O2. The van der Waals surface area contributed by atoms with Crippen molar-refractivity contribution in [1.82, 2.24) is 0 Å². The van der Waals surface area contributed by atoms with Gasteiger partial charge in [-0.15, -0.1) is 0 Å². The fraction of sp³-hybridized carbons (Fsp3) is 0.375. The second kappa shape index (κ2) is 5.69. The molecule has 0 saturated carbocycles. The molecule has 5 heteroatoms. The molecule has 2 heterocycles. The van der Waals surface area contributed by atoms with E-state index in [2.05, 4.69) is 4.90 Å². The monoisotopic (exact) mass is 289 g/mol. The van der Waals surface area contributed by atoms with E-state index in [4.69, 9.17) is 19.0 Å². The molecule has 0 amide bonds. The van der Waals surface area contributed by atoms with Gasteiger partial charge in [0.15, 0.2) is 0 Å². The molecule has 5 nitrogen and oxygen atoms in total. The molecule has 0 spiro atoms. The summed E-state index contributed by atoms with van der Waals surface area (Å²) < 4.78 is 16.7. The van der Waals surface area contributed by atoms with Crippen LogP contribution >= 0.6 is 0 Å². The lowest BCUT2D eigenvalue weighted by molar-refractivity contribution is 0.209. The fourth-order valence-electron chi connectivity index (χ4n) is 2.56. The van der Waals surface area contributed by atoms with Crippen molar-refractivity contribution in [3.63, 3.8) is 0 Å². The molecule has 0 radical (unpaired) electrons. The average molecular weight is 289 g/mol. The van der Waals surface area contributed by atoms with Gasteiger partial charge >= 0.3 is 0 Å². The zero-order valence-corrected chi connectivity index (χ0v) is 12.2. The second-order valence-electron chi connectivity index (χ2n) is 5.17. The first-order valence-corrected chi connectivity index (χ1v) is 6.97. The number of hydrogen-bond donors (Lipinski definition) is 1. The predicted molar refractivity (Wildman–Crippen MR) is 78.8 cm³/mol. The van der Waals surface area contributed by atoms with Gasteiger partial charge in [0.1, 0.15) is 35.7 Å². The third kappa shape index (κ3) is 2.83. The highest BCUT2D eigenvalue weighted by Gasteiger charge is 2.24. The Hall–Kier alpha value is -2.14. The maximum Gasteiger partial charge on any atom is 0.143 e. The van der Waals surface area contributed by atoms with E-state index in [1.165, 1.54) is 0 Å². The van der Waals surface area contributed by atoms with Crippen LogP contribution in [0.2, 0.25) is 0 Å². The summed E-state index contributed by atoms with van der Waals surface area (Å²) in [6.45, 7) is 3.37. The fourth-order valence-corrected chi connectivity index (χ4v) is 2.56. The molecule has 1 atom stereocenters. The minimum absolute atomic E-state index is 0.0794. The molecular weight excluding hydrogens is 270 g/mol. The molecule has 0 fully saturated rings. The number of benzene rings is 1. The molecule has 1 aliphatic heterocycles. The van der Waals surface area contributed by atoms with Crippen LogP contribution in [0.25, 0.3) is 0 Å². The van der Waals surface area contributed by atoms with Crippen LogP contribution < -0.4 is 14.4 Å². The summed E-state index contributed by atoms with van der Waals surface area (Å²) in [5, 5.41) is 9.08. The largest absolute Gasteiger partial charge is 0.497 e. The second-order valence-corrected chi connectivity index (χ2v) is 5.17. The molecule has 0 aliphatic carbocycles. The number of anilines is 1. The van der Waals surface area contributed by atoms with Crippen molar-refractivity contribution in [2.75, 3.05) is 18.6 Å². The van der Waals surface area contributed by atoms with E-state index in [1.807, 2.05) is 31.2 Å². The van der Waals surface area contributed by atoms with E-state index in [0.717, 1.165) is 29.5 Å². The predicted octanol–water partition coefficient (Wildman–Crippen LogP) is 2.57. The number of fused-ring (bicyclic) bond motifs is 1. The van der Waals surface area contributed by atoms with E-state index in [9.17, 15) is 0 Å². The summed E-state index contributed by atoms with van der Waals surface area (Å²) in [4.78, 5) is 2.20. The summed E-state index contributed by atoms with van der Waals surface area (Å²) >= 11 is 0. The molecule has 1 aromatic carbocycles. The average Bonchev–Trinajstić information content (AvgIpc) is 2.94. The molecule has 0 bridgehead atoms. The Balaban J connectivity index is 1.88. The van der Waals surface area contributed by atoms with Crippen molar-refractivity contribution in [3.05, 3.63) is 41.9 Å². The maximum atomic E-state index is 9.08. The Morgan fingerprint density at radius 2 is 2.10 bits per heavy atom. The highest BCUT2D eigenvalue weighted by Crippen LogP contribution is 2.37. The number of furan rings is 1. The maximum absolute atomic E-state index is 9.08. The zero-order chi connectivity index (χ0) is 14.8. The van der Waals surface area contributed by atoms with Crippen molar-refractivity contribution >= 4 is 5.69 Å². The lowest BCUT2D eigenvalue weighted by atomic mass is 10.2. The van der Waals surface area contributed by atoms with Crippen LogP contribution in [0.15, 0.2) is 34.7 Å². The van der Waals surface area contributed by atoms with Gasteiger partial charge in [-0.2, -0.15) is 0 Å². The highest BCUT2D eigenvalue weighted by molar-refractivity contribution is 5.63. The highest BCUT2D eigenvalue weighted by atomic mass is 16.5. The summed E-state index contributed by atoms with van der Waals surface area (Å²) in [5.41, 5.74) is 0.995. The molecule has 2 aromatic rings. The lowest BCUT2D eigenvalue weighted by Gasteiger charge is -2.34. The first-order chi connectivity index (χ1) is 10.2. The lowest BCUT2D eigenvalue weighted by Crippen LogP contribution is -2.37. The van der Waals surface area contributed by atoms with E-state index in [0.29, 0.717) is 12.3 Å². The van der Waals surface area contributed by atoms with Gasteiger partial charge in [-0.25, -0.2) is 0 Å². The number of aliphatic hydroxyl groups excluding tert-OH is 1. The van der Waals surface area contributed by atoms with E-state index < -0.39 is 0 Å². The molecule has 0 saturated heterocycles. The Labute approximate surface area is 123 Å². The van der Waals surface area contributed by atoms with E-state index >= 15 is 0 Å². The summed E-state index contributed by atoms with van der Waals surface area (Å²) in [6.07, 6.45) is 0.109. The van der Waals surface area contributed by atoms with Crippen LogP contribution in [0.1, 0.15) is 18.4 Å². The van der Waals surface area contributed by atoms with Gasteiger partial charge in [-0.05, 0) is 31.2 Å². The van der Waals surface area contributed by atoms with Gasteiger partial charge in [-0.1, -0.05) is 0 Å². The molecule has 1 aromatic heterocycles. The standard InChI is InChI=1S/C16H19NO4/c1-11-8-17(9-13-3-4-14(10-18)21-13)15-7-12(19-2)5-6-16(15)20-11/h3-7,11,18H,8-10H2,1-2H3/t11-/m1/s1. The van der Waals surface area contributed by atoms with Gasteiger partial charge in [0, 0.05) is 6.07 Å². The quantitative estimate of drug-likeness (QED) is 0.937. The van der Waals surface area contributed by atoms with E-state index in [1.54, 1.807) is 13.2 Å². The smallest absolute Gasteiger partial charge is 0.143 e. The summed E-state index contributed by atoms with van der Waals surface area (Å²) in [5.74, 6) is 3.05. The Kier molecular flexibility index (Phi) is 3.75. The number of hydrogen-bond acceptors (Lipinski definition) is 5. The number of aliphatic hydroxyl groups is 1. The number of methoxy groups -OCH3 is 1. The van der Waals surface area contributed by atoms with Crippen molar-refractivity contribution in [1.29, 1.82) is 0 Å².